The zero-order valence-corrected chi connectivity index (χ0v) is 17.7. The maximum Gasteiger partial charge on any atom is 0.246 e. The lowest BCUT2D eigenvalue weighted by Crippen LogP contribution is -2.48. The standard InChI is InChI=1S/C24H25FN4O2/c1-18-16-29(17-26-18)22-9-7-19(15-23(22)31-2)8-10-24(30)28-13-11-27(12-14-28)21-6-4-3-5-20(21)25/h3-10,15-17H,11-14H2,1-2H3. The number of anilines is 1. The van der Waals surface area contributed by atoms with Crippen molar-refractivity contribution in [2.45, 2.75) is 6.92 Å². The number of rotatable bonds is 5. The molecule has 0 unspecified atom stereocenters. The summed E-state index contributed by atoms with van der Waals surface area (Å²) in [5.74, 6) is 0.414. The summed E-state index contributed by atoms with van der Waals surface area (Å²) < 4.78 is 21.4. The molecule has 6 nitrogen and oxygen atoms in total. The van der Waals surface area contributed by atoms with Gasteiger partial charge in [-0.2, -0.15) is 0 Å². The van der Waals surface area contributed by atoms with Crippen LogP contribution in [0.5, 0.6) is 5.75 Å². The van der Waals surface area contributed by atoms with Crippen LogP contribution in [0.1, 0.15) is 11.3 Å². The zero-order chi connectivity index (χ0) is 21.8. The fraction of sp³-hybridized carbons (Fsp3) is 0.250. The topological polar surface area (TPSA) is 50.6 Å². The van der Waals surface area contributed by atoms with E-state index in [-0.39, 0.29) is 11.7 Å². The molecule has 1 aliphatic rings. The number of aryl methyl sites for hydroxylation is 1. The minimum atomic E-state index is -0.231. The molecular weight excluding hydrogens is 395 g/mol. The molecular formula is C24H25FN4O2. The Morgan fingerprint density at radius 1 is 1.10 bits per heavy atom. The van der Waals surface area contributed by atoms with Gasteiger partial charge < -0.3 is 19.1 Å². The monoisotopic (exact) mass is 420 g/mol. The first kappa shape index (κ1) is 20.7. The van der Waals surface area contributed by atoms with E-state index in [0.29, 0.717) is 37.6 Å². The third-order valence-corrected chi connectivity index (χ3v) is 5.40. The quantitative estimate of drug-likeness (QED) is 0.591. The van der Waals surface area contributed by atoms with Crippen LogP contribution in [0.2, 0.25) is 0 Å². The second-order valence-corrected chi connectivity index (χ2v) is 7.45. The Bertz CT molecular complexity index is 1100. The normalized spacial score (nSPS) is 14.3. The number of hydrogen-bond acceptors (Lipinski definition) is 4. The Morgan fingerprint density at radius 2 is 1.87 bits per heavy atom. The molecule has 4 rings (SSSR count). The summed E-state index contributed by atoms with van der Waals surface area (Å²) >= 11 is 0. The number of nitrogens with zero attached hydrogens (tertiary/aromatic N) is 4. The molecule has 0 bridgehead atoms. The predicted molar refractivity (Wildman–Crippen MR) is 119 cm³/mol. The van der Waals surface area contributed by atoms with Gasteiger partial charge in [0.2, 0.25) is 5.91 Å². The third kappa shape index (κ3) is 4.60. The van der Waals surface area contributed by atoms with E-state index in [9.17, 15) is 9.18 Å². The number of amides is 1. The number of halogens is 1. The number of imidazole rings is 1. The van der Waals surface area contributed by atoms with Crippen LogP contribution in [0.25, 0.3) is 11.8 Å². The SMILES string of the molecule is COc1cc(C=CC(=O)N2CCN(c3ccccc3F)CC2)ccc1-n1cnc(C)c1. The van der Waals surface area contributed by atoms with E-state index < -0.39 is 0 Å². The fourth-order valence-electron chi connectivity index (χ4n) is 3.71. The highest BCUT2D eigenvalue weighted by atomic mass is 19.1. The average molecular weight is 420 g/mol. The van der Waals surface area contributed by atoms with Crippen LogP contribution in [0.3, 0.4) is 0 Å². The number of aromatic nitrogens is 2. The summed E-state index contributed by atoms with van der Waals surface area (Å²) in [6.45, 7) is 4.25. The number of methoxy groups -OCH3 is 1. The average Bonchev–Trinajstić information content (AvgIpc) is 3.23. The molecule has 1 amide bonds. The van der Waals surface area contributed by atoms with Crippen LogP contribution in [0.15, 0.2) is 61.1 Å². The second-order valence-electron chi connectivity index (χ2n) is 7.45. The first-order valence-electron chi connectivity index (χ1n) is 10.2. The minimum absolute atomic E-state index is 0.0542. The molecule has 2 aromatic carbocycles. The van der Waals surface area contributed by atoms with Crippen molar-refractivity contribution in [3.63, 3.8) is 0 Å². The molecule has 7 heteroatoms. The van der Waals surface area contributed by atoms with Crippen LogP contribution in [0, 0.1) is 12.7 Å². The fourth-order valence-corrected chi connectivity index (χ4v) is 3.71. The van der Waals surface area contributed by atoms with Gasteiger partial charge in [-0.3, -0.25) is 4.79 Å². The Balaban J connectivity index is 1.40. The maximum atomic E-state index is 14.0. The van der Waals surface area contributed by atoms with Gasteiger partial charge in [0.1, 0.15) is 11.6 Å². The van der Waals surface area contributed by atoms with Gasteiger partial charge in [0.15, 0.2) is 0 Å². The largest absolute Gasteiger partial charge is 0.495 e. The van der Waals surface area contributed by atoms with Crippen LogP contribution < -0.4 is 9.64 Å². The number of ether oxygens (including phenoxy) is 1. The molecule has 0 saturated carbocycles. The van der Waals surface area contributed by atoms with E-state index >= 15 is 0 Å². The Kier molecular flexibility index (Phi) is 6.02. The van der Waals surface area contributed by atoms with Gasteiger partial charge in [0, 0.05) is 38.5 Å². The molecule has 2 heterocycles. The summed E-state index contributed by atoms with van der Waals surface area (Å²) in [4.78, 5) is 20.6. The molecule has 1 aliphatic heterocycles. The predicted octanol–water partition coefficient (Wildman–Crippen LogP) is 3.69. The Morgan fingerprint density at radius 3 is 2.55 bits per heavy atom. The van der Waals surface area contributed by atoms with Crippen molar-refractivity contribution in [3.8, 4) is 11.4 Å². The van der Waals surface area contributed by atoms with Crippen LogP contribution in [0.4, 0.5) is 10.1 Å². The number of hydrogen-bond donors (Lipinski definition) is 0. The van der Waals surface area contributed by atoms with Crippen molar-refractivity contribution in [1.82, 2.24) is 14.5 Å². The van der Waals surface area contributed by atoms with Crippen molar-refractivity contribution < 1.29 is 13.9 Å². The first-order chi connectivity index (χ1) is 15.0. The number of benzene rings is 2. The number of carbonyl (C=O) groups excluding carboxylic acids is 1. The van der Waals surface area contributed by atoms with Gasteiger partial charge in [0.05, 0.1) is 30.5 Å². The summed E-state index contributed by atoms with van der Waals surface area (Å²) in [6, 6.07) is 12.5. The van der Waals surface area contributed by atoms with Gasteiger partial charge in [-0.05, 0) is 42.8 Å². The highest BCUT2D eigenvalue weighted by Crippen LogP contribution is 2.25. The molecule has 0 N–H and O–H groups in total. The minimum Gasteiger partial charge on any atom is -0.495 e. The summed E-state index contributed by atoms with van der Waals surface area (Å²) in [7, 11) is 1.62. The van der Waals surface area contributed by atoms with Crippen molar-refractivity contribution in [2.75, 3.05) is 38.2 Å². The molecule has 0 radical (unpaired) electrons. The number of carbonyl (C=O) groups is 1. The van der Waals surface area contributed by atoms with E-state index in [1.54, 1.807) is 42.6 Å². The van der Waals surface area contributed by atoms with E-state index in [1.165, 1.54) is 6.07 Å². The number of para-hydroxylation sites is 1. The van der Waals surface area contributed by atoms with E-state index in [0.717, 1.165) is 16.9 Å². The smallest absolute Gasteiger partial charge is 0.246 e. The van der Waals surface area contributed by atoms with Crippen molar-refractivity contribution in [3.05, 3.63) is 78.1 Å². The summed E-state index contributed by atoms with van der Waals surface area (Å²) in [5, 5.41) is 0. The van der Waals surface area contributed by atoms with Gasteiger partial charge >= 0.3 is 0 Å². The number of piperazine rings is 1. The van der Waals surface area contributed by atoms with Gasteiger partial charge in [0.25, 0.3) is 0 Å². The highest BCUT2D eigenvalue weighted by Gasteiger charge is 2.21. The van der Waals surface area contributed by atoms with Crippen molar-refractivity contribution in [2.24, 2.45) is 0 Å². The third-order valence-electron chi connectivity index (χ3n) is 5.40. The first-order valence-corrected chi connectivity index (χ1v) is 10.2. The van der Waals surface area contributed by atoms with Gasteiger partial charge in [-0.25, -0.2) is 9.37 Å². The van der Waals surface area contributed by atoms with Crippen LogP contribution >= 0.6 is 0 Å². The van der Waals surface area contributed by atoms with E-state index in [1.807, 2.05) is 46.9 Å². The lowest BCUT2D eigenvalue weighted by Gasteiger charge is -2.35. The van der Waals surface area contributed by atoms with Gasteiger partial charge in [-0.15, -0.1) is 0 Å². The molecule has 0 atom stereocenters. The lowest BCUT2D eigenvalue weighted by molar-refractivity contribution is -0.126. The molecule has 160 valence electrons. The van der Waals surface area contributed by atoms with Crippen LogP contribution in [-0.2, 0) is 4.79 Å². The molecule has 1 fully saturated rings. The summed E-state index contributed by atoms with van der Waals surface area (Å²) in [6.07, 6.45) is 7.04. The van der Waals surface area contributed by atoms with Crippen molar-refractivity contribution in [1.29, 1.82) is 0 Å². The highest BCUT2D eigenvalue weighted by molar-refractivity contribution is 5.92. The molecule has 1 aromatic heterocycles. The second kappa shape index (κ2) is 9.04. The lowest BCUT2D eigenvalue weighted by atomic mass is 10.1. The Hall–Kier alpha value is -3.61. The molecule has 3 aromatic rings. The molecule has 0 spiro atoms. The molecule has 1 saturated heterocycles. The molecule has 0 aliphatic carbocycles. The Labute approximate surface area is 181 Å². The maximum absolute atomic E-state index is 14.0. The van der Waals surface area contributed by atoms with Crippen molar-refractivity contribution >= 4 is 17.7 Å². The molecule has 31 heavy (non-hydrogen) atoms. The van der Waals surface area contributed by atoms with Gasteiger partial charge in [-0.1, -0.05) is 18.2 Å². The summed E-state index contributed by atoms with van der Waals surface area (Å²) in [5.41, 5.74) is 3.27. The van der Waals surface area contributed by atoms with E-state index in [4.69, 9.17) is 4.74 Å². The van der Waals surface area contributed by atoms with Crippen LogP contribution in [-0.4, -0.2) is 53.6 Å². The zero-order valence-electron chi connectivity index (χ0n) is 17.7. The van der Waals surface area contributed by atoms with E-state index in [2.05, 4.69) is 4.98 Å².